The van der Waals surface area contributed by atoms with Gasteiger partial charge in [-0.2, -0.15) is 0 Å². The molecule has 3 heterocycles. The highest BCUT2D eigenvalue weighted by atomic mass is 16.2. The zero-order valence-electron chi connectivity index (χ0n) is 13.2. The molecular weight excluding hydrogens is 282 g/mol. The average Bonchev–Trinajstić information content (AvgIpc) is 3.08. The number of hydrogen-bond donors (Lipinski definition) is 1. The van der Waals surface area contributed by atoms with Crippen LogP contribution in [0.4, 0.5) is 4.79 Å². The summed E-state index contributed by atoms with van der Waals surface area (Å²) in [6, 6.07) is -0.531. The first kappa shape index (κ1) is 14.9. The Morgan fingerprint density at radius 2 is 2.32 bits per heavy atom. The second kappa shape index (κ2) is 5.98. The highest BCUT2D eigenvalue weighted by Gasteiger charge is 2.31. The first-order valence-electron chi connectivity index (χ1n) is 7.81. The summed E-state index contributed by atoms with van der Waals surface area (Å²) in [5, 5.41) is 2.84. The molecule has 3 rings (SSSR count). The molecule has 2 aliphatic heterocycles. The van der Waals surface area contributed by atoms with Crippen LogP contribution >= 0.6 is 0 Å². The van der Waals surface area contributed by atoms with E-state index in [4.69, 9.17) is 0 Å². The Hall–Kier alpha value is -2.05. The van der Waals surface area contributed by atoms with Crippen molar-refractivity contribution in [2.45, 2.75) is 31.8 Å². The molecule has 1 fully saturated rings. The van der Waals surface area contributed by atoms with Crippen LogP contribution in [0.5, 0.6) is 0 Å². The van der Waals surface area contributed by atoms with Gasteiger partial charge in [-0.1, -0.05) is 0 Å². The minimum Gasteiger partial charge on any atom is -0.344 e. The van der Waals surface area contributed by atoms with Crippen LogP contribution in [0.1, 0.15) is 18.7 Å². The fraction of sp³-hybridized carbons (Fsp3) is 0.667. The summed E-state index contributed by atoms with van der Waals surface area (Å²) >= 11 is 0. The Morgan fingerprint density at radius 1 is 1.50 bits per heavy atom. The number of aromatic nitrogens is 2. The molecule has 0 aliphatic carbocycles. The van der Waals surface area contributed by atoms with Gasteiger partial charge in [-0.15, -0.1) is 0 Å². The first-order valence-corrected chi connectivity index (χ1v) is 7.81. The van der Waals surface area contributed by atoms with Crippen LogP contribution in [0.25, 0.3) is 0 Å². The predicted octanol–water partition coefficient (Wildman–Crippen LogP) is 0.318. The number of aryl methyl sites for hydroxylation is 1. The number of nitrogens with one attached hydrogen (secondary N) is 1. The van der Waals surface area contributed by atoms with Gasteiger partial charge in [0.1, 0.15) is 11.9 Å². The highest BCUT2D eigenvalue weighted by molar-refractivity contribution is 5.88. The number of imidazole rings is 1. The summed E-state index contributed by atoms with van der Waals surface area (Å²) in [4.78, 5) is 31.8. The normalized spacial score (nSPS) is 24.3. The van der Waals surface area contributed by atoms with E-state index in [9.17, 15) is 9.59 Å². The Morgan fingerprint density at radius 3 is 3.05 bits per heavy atom. The van der Waals surface area contributed by atoms with Gasteiger partial charge in [0.2, 0.25) is 5.91 Å². The maximum absolute atomic E-state index is 12.2. The van der Waals surface area contributed by atoms with Crippen LogP contribution in [0, 0.1) is 5.92 Å². The van der Waals surface area contributed by atoms with Crippen molar-refractivity contribution in [1.82, 2.24) is 24.7 Å². The van der Waals surface area contributed by atoms with Crippen LogP contribution in [-0.2, 0) is 17.8 Å². The van der Waals surface area contributed by atoms with Gasteiger partial charge in [0, 0.05) is 52.5 Å². The van der Waals surface area contributed by atoms with E-state index < -0.39 is 0 Å². The zero-order chi connectivity index (χ0) is 15.7. The number of rotatable bonds is 3. The van der Waals surface area contributed by atoms with Gasteiger partial charge in [0.15, 0.2) is 0 Å². The topological polar surface area (TPSA) is 70.5 Å². The molecule has 3 amide bonds. The van der Waals surface area contributed by atoms with Crippen LogP contribution < -0.4 is 5.32 Å². The molecule has 0 spiro atoms. The summed E-state index contributed by atoms with van der Waals surface area (Å²) in [7, 11) is 3.56. The molecule has 0 radical (unpaired) electrons. The number of fused-ring (bicyclic) bond motifs is 1. The molecule has 0 aromatic carbocycles. The van der Waals surface area contributed by atoms with Crippen molar-refractivity contribution in [3.05, 3.63) is 18.2 Å². The van der Waals surface area contributed by atoms with Gasteiger partial charge in [0.25, 0.3) is 0 Å². The van der Waals surface area contributed by atoms with Crippen molar-refractivity contribution in [2.24, 2.45) is 5.92 Å². The van der Waals surface area contributed by atoms with Crippen molar-refractivity contribution in [3.8, 4) is 0 Å². The Kier molecular flexibility index (Phi) is 4.04. The van der Waals surface area contributed by atoms with E-state index in [0.717, 1.165) is 25.2 Å². The number of likely N-dealkylation sites (tertiary alicyclic amines) is 1. The summed E-state index contributed by atoms with van der Waals surface area (Å²) in [6.07, 6.45) is 6.51. The third-order valence-corrected chi connectivity index (χ3v) is 4.64. The molecule has 1 aromatic heterocycles. The molecule has 1 N–H and O–H groups in total. The van der Waals surface area contributed by atoms with Crippen LogP contribution in [0.3, 0.4) is 0 Å². The molecule has 2 aliphatic rings. The van der Waals surface area contributed by atoms with E-state index in [1.807, 2.05) is 12.4 Å². The standard InChI is InChI=1S/C15H23N5O2/c1-18-7-5-12(14(18)21)17-15(22)19(2)9-11-3-4-13-16-6-8-20(13)10-11/h6,8,11-12H,3-5,7,9-10H2,1-2H3,(H,17,22)/t11-,12-/m0/s1. The lowest BCUT2D eigenvalue weighted by Crippen LogP contribution is -2.47. The summed E-state index contributed by atoms with van der Waals surface area (Å²) in [5.41, 5.74) is 0. The molecule has 0 bridgehead atoms. The largest absolute Gasteiger partial charge is 0.344 e. The van der Waals surface area contributed by atoms with Gasteiger partial charge < -0.3 is 19.7 Å². The molecule has 0 saturated carbocycles. The molecule has 2 atom stereocenters. The first-order chi connectivity index (χ1) is 10.5. The molecule has 0 unspecified atom stereocenters. The molecule has 7 nitrogen and oxygen atoms in total. The zero-order valence-corrected chi connectivity index (χ0v) is 13.2. The van der Waals surface area contributed by atoms with Gasteiger partial charge in [-0.05, 0) is 18.8 Å². The van der Waals surface area contributed by atoms with E-state index in [2.05, 4.69) is 14.9 Å². The van der Waals surface area contributed by atoms with E-state index in [0.29, 0.717) is 25.4 Å². The third kappa shape index (κ3) is 2.93. The number of likely N-dealkylation sites (N-methyl/N-ethyl adjacent to an activating group) is 1. The monoisotopic (exact) mass is 305 g/mol. The van der Waals surface area contributed by atoms with Crippen LogP contribution in [-0.4, -0.2) is 64.5 Å². The Balaban J connectivity index is 1.51. The van der Waals surface area contributed by atoms with Crippen molar-refractivity contribution in [3.63, 3.8) is 0 Å². The van der Waals surface area contributed by atoms with Crippen LogP contribution in [0.2, 0.25) is 0 Å². The van der Waals surface area contributed by atoms with E-state index in [1.54, 1.807) is 23.9 Å². The SMILES string of the molecule is CN(C[C@@H]1CCc2nccn2C1)C(=O)N[C@H]1CCN(C)C1=O. The molecule has 1 aromatic rings. The summed E-state index contributed by atoms with van der Waals surface area (Å²) in [6.45, 7) is 2.30. The number of hydrogen-bond acceptors (Lipinski definition) is 3. The highest BCUT2D eigenvalue weighted by Crippen LogP contribution is 2.19. The number of urea groups is 1. The number of amides is 3. The second-order valence-corrected chi connectivity index (χ2v) is 6.33. The number of carbonyl (C=O) groups excluding carboxylic acids is 2. The second-order valence-electron chi connectivity index (χ2n) is 6.33. The van der Waals surface area contributed by atoms with Crippen molar-refractivity contribution >= 4 is 11.9 Å². The van der Waals surface area contributed by atoms with Gasteiger partial charge in [0.05, 0.1) is 0 Å². The molecule has 7 heteroatoms. The molecule has 22 heavy (non-hydrogen) atoms. The third-order valence-electron chi connectivity index (χ3n) is 4.64. The van der Waals surface area contributed by atoms with Gasteiger partial charge in [-0.25, -0.2) is 9.78 Å². The summed E-state index contributed by atoms with van der Waals surface area (Å²) in [5.74, 6) is 1.56. The maximum atomic E-state index is 12.2. The number of nitrogens with zero attached hydrogens (tertiary/aromatic N) is 4. The average molecular weight is 305 g/mol. The minimum absolute atomic E-state index is 0.00229. The maximum Gasteiger partial charge on any atom is 0.317 e. The van der Waals surface area contributed by atoms with Gasteiger partial charge >= 0.3 is 6.03 Å². The van der Waals surface area contributed by atoms with Crippen molar-refractivity contribution < 1.29 is 9.59 Å². The molecular formula is C15H23N5O2. The van der Waals surface area contributed by atoms with E-state index in [1.165, 1.54) is 0 Å². The lowest BCUT2D eigenvalue weighted by molar-refractivity contribution is -0.128. The van der Waals surface area contributed by atoms with Gasteiger partial charge in [-0.3, -0.25) is 4.79 Å². The van der Waals surface area contributed by atoms with Crippen LogP contribution in [0.15, 0.2) is 12.4 Å². The van der Waals surface area contributed by atoms with Crippen molar-refractivity contribution in [2.75, 3.05) is 27.2 Å². The smallest absolute Gasteiger partial charge is 0.317 e. The summed E-state index contributed by atoms with van der Waals surface area (Å²) < 4.78 is 2.16. The lowest BCUT2D eigenvalue weighted by Gasteiger charge is -2.28. The predicted molar refractivity (Wildman–Crippen MR) is 81.2 cm³/mol. The number of carbonyl (C=O) groups is 2. The quantitative estimate of drug-likeness (QED) is 0.874. The minimum atomic E-state index is -0.369. The molecule has 120 valence electrons. The Bertz CT molecular complexity index is 570. The lowest BCUT2D eigenvalue weighted by atomic mass is 9.99. The fourth-order valence-electron chi connectivity index (χ4n) is 3.27. The van der Waals surface area contributed by atoms with E-state index in [-0.39, 0.29) is 18.0 Å². The van der Waals surface area contributed by atoms with Crippen molar-refractivity contribution in [1.29, 1.82) is 0 Å². The Labute approximate surface area is 130 Å². The fourth-order valence-corrected chi connectivity index (χ4v) is 3.27. The molecule has 1 saturated heterocycles. The van der Waals surface area contributed by atoms with E-state index >= 15 is 0 Å².